The topological polar surface area (TPSA) is 3.24 Å². The van der Waals surface area contributed by atoms with Crippen LogP contribution >= 0.6 is 0 Å². The van der Waals surface area contributed by atoms with E-state index >= 15 is 0 Å². The van der Waals surface area contributed by atoms with E-state index in [0.29, 0.717) is 29.6 Å². The smallest absolute Gasteiger partial charge is 0.0714 e. The number of para-hydroxylation sites is 1. The van der Waals surface area contributed by atoms with E-state index < -0.39 is 5.41 Å². The summed E-state index contributed by atoms with van der Waals surface area (Å²) in [5.74, 6) is 5.83. The Morgan fingerprint density at radius 1 is 0.304 bits per heavy atom. The predicted octanol–water partition coefficient (Wildman–Crippen LogP) is 27.3. The summed E-state index contributed by atoms with van der Waals surface area (Å²) in [5, 5.41) is 0. The van der Waals surface area contributed by atoms with Crippen LogP contribution in [0.1, 0.15) is 299 Å². The molecule has 478 valence electrons. The largest absolute Gasteiger partial charge is 0.310 e. The Hall–Kier alpha value is -6.44. The summed E-state index contributed by atoms with van der Waals surface area (Å²) in [6, 6.07) is 73.8. The van der Waals surface area contributed by atoms with Crippen LogP contribution in [0.15, 0.2) is 182 Å². The number of hydrogen-bond donors (Lipinski definition) is 0. The molecule has 8 aromatic carbocycles. The number of anilines is 3. The first-order chi connectivity index (χ1) is 45.5. The van der Waals surface area contributed by atoms with Crippen LogP contribution in [0.4, 0.5) is 17.1 Å². The molecule has 14 rings (SSSR count). The van der Waals surface area contributed by atoms with Crippen LogP contribution in [0.2, 0.25) is 0 Å². The van der Waals surface area contributed by atoms with Crippen molar-refractivity contribution >= 4 is 17.1 Å². The van der Waals surface area contributed by atoms with Gasteiger partial charge in [-0.3, -0.25) is 0 Å². The van der Waals surface area contributed by atoms with Gasteiger partial charge in [0.1, 0.15) is 0 Å². The molecule has 8 aromatic rings. The molecule has 1 heteroatoms. The maximum Gasteiger partial charge on any atom is 0.0714 e. The standard InChI is InChI=1S/C91H109N/c1-4-65-26-20-38-70(39-21-27-65)77-62-85(74-40-22-28-66(5-2)29-23-41-74)90(86(63-77)75-42-24-30-67(6-3)31-25-43-75)76-52-58-80(59-53-76)92(89-47-19-17-44-82(89)73-36-14-9-15-37-73)81-60-61-84-83-45-16-18-46-87(83)91(88(84)64-81,78-54-48-71(49-55-78)68-32-10-7-11-33-68)79-56-50-72(51-57-79)69-34-12-8-13-35-69/h9,14-19,36-37,44-70,74-75H,4-8,10-13,20-35,38-43H2,1-3H3. The van der Waals surface area contributed by atoms with Gasteiger partial charge in [-0.15, -0.1) is 0 Å². The summed E-state index contributed by atoms with van der Waals surface area (Å²) in [6.45, 7) is 7.33. The molecule has 0 radical (unpaired) electrons. The second-order valence-corrected chi connectivity index (χ2v) is 30.3. The summed E-state index contributed by atoms with van der Waals surface area (Å²) in [4.78, 5) is 2.64. The number of fused-ring (bicyclic) bond motifs is 3. The summed E-state index contributed by atoms with van der Waals surface area (Å²) in [5.41, 5.74) is 25.0. The van der Waals surface area contributed by atoms with E-state index in [2.05, 4.69) is 208 Å². The third-order valence-electron chi connectivity index (χ3n) is 25.1. The number of nitrogens with zero attached hydrogens (tertiary/aromatic N) is 1. The fourth-order valence-corrected chi connectivity index (χ4v) is 19.7. The molecule has 0 bridgehead atoms. The molecule has 0 heterocycles. The van der Waals surface area contributed by atoms with Gasteiger partial charge in [-0.2, -0.15) is 0 Å². The lowest BCUT2D eigenvalue weighted by Gasteiger charge is -2.36. The molecule has 5 saturated carbocycles. The van der Waals surface area contributed by atoms with Crippen LogP contribution in [0, 0.1) is 17.8 Å². The molecule has 0 amide bonds. The summed E-state index contributed by atoms with van der Waals surface area (Å²) >= 11 is 0. The van der Waals surface area contributed by atoms with Crippen molar-refractivity contribution in [3.63, 3.8) is 0 Å². The van der Waals surface area contributed by atoms with Crippen molar-refractivity contribution in [2.24, 2.45) is 17.8 Å². The molecular weight excluding hydrogens is 1110 g/mol. The van der Waals surface area contributed by atoms with Crippen LogP contribution < -0.4 is 4.90 Å². The van der Waals surface area contributed by atoms with Gasteiger partial charge in [-0.1, -0.05) is 307 Å². The van der Waals surface area contributed by atoms with Crippen LogP contribution in [-0.4, -0.2) is 0 Å². The summed E-state index contributed by atoms with van der Waals surface area (Å²) < 4.78 is 0. The van der Waals surface area contributed by atoms with E-state index in [1.54, 1.807) is 22.3 Å². The van der Waals surface area contributed by atoms with E-state index in [0.717, 1.165) is 17.8 Å². The van der Waals surface area contributed by atoms with E-state index in [1.165, 1.54) is 277 Å². The second kappa shape index (κ2) is 29.5. The zero-order valence-electron chi connectivity index (χ0n) is 56.8. The molecule has 0 unspecified atom stereocenters. The van der Waals surface area contributed by atoms with Gasteiger partial charge in [0.05, 0.1) is 11.1 Å². The Bertz CT molecular complexity index is 3520. The SMILES string of the molecule is CCC1CCCC(c2cc(C3CCCC(CC)CCC3)c(-c3ccc(N(c4ccc5c(c4)C(c4ccc(C6CCCCC6)cc4)(c4ccc(C6CCCCC6)cc4)c4ccccc4-5)c4ccccc4-c4ccccc4)cc3)c(C3CCCC(CC)CCC3)c2)CCC1. The van der Waals surface area contributed by atoms with Gasteiger partial charge >= 0.3 is 0 Å². The third kappa shape index (κ3) is 13.1. The van der Waals surface area contributed by atoms with E-state index in [9.17, 15) is 0 Å². The van der Waals surface area contributed by atoms with Gasteiger partial charge < -0.3 is 4.90 Å². The van der Waals surface area contributed by atoms with Gasteiger partial charge in [0, 0.05) is 16.9 Å². The van der Waals surface area contributed by atoms with Crippen molar-refractivity contribution in [1.82, 2.24) is 0 Å². The lowest BCUT2D eigenvalue weighted by molar-refractivity contribution is 0.344. The minimum atomic E-state index is -0.525. The zero-order valence-corrected chi connectivity index (χ0v) is 56.8. The van der Waals surface area contributed by atoms with Crippen LogP contribution in [0.3, 0.4) is 0 Å². The lowest BCUT2D eigenvalue weighted by Crippen LogP contribution is -2.29. The maximum absolute atomic E-state index is 2.86. The molecule has 0 aromatic heterocycles. The Morgan fingerprint density at radius 2 is 0.717 bits per heavy atom. The molecule has 6 aliphatic rings. The highest BCUT2D eigenvalue weighted by atomic mass is 15.1. The summed E-state index contributed by atoms with van der Waals surface area (Å²) in [7, 11) is 0. The molecule has 6 aliphatic carbocycles. The molecular formula is C91H109N. The highest BCUT2D eigenvalue weighted by molar-refractivity contribution is 5.93. The second-order valence-electron chi connectivity index (χ2n) is 30.3. The van der Waals surface area contributed by atoms with Crippen molar-refractivity contribution < 1.29 is 0 Å². The normalized spacial score (nSPS) is 23.4. The van der Waals surface area contributed by atoms with Crippen molar-refractivity contribution in [3.05, 3.63) is 232 Å². The molecule has 0 N–H and O–H groups in total. The molecule has 92 heavy (non-hydrogen) atoms. The Labute approximate surface area is 556 Å². The van der Waals surface area contributed by atoms with Gasteiger partial charge in [0.2, 0.25) is 0 Å². The first-order valence-corrected chi connectivity index (χ1v) is 38.2. The van der Waals surface area contributed by atoms with Crippen LogP contribution in [0.5, 0.6) is 0 Å². The Morgan fingerprint density at radius 3 is 1.22 bits per heavy atom. The first kappa shape index (κ1) is 63.0. The fourth-order valence-electron chi connectivity index (χ4n) is 19.7. The van der Waals surface area contributed by atoms with Gasteiger partial charge in [0.15, 0.2) is 0 Å². The third-order valence-corrected chi connectivity index (χ3v) is 25.1. The molecule has 0 aliphatic heterocycles. The van der Waals surface area contributed by atoms with Gasteiger partial charge in [-0.05, 0) is 220 Å². The Balaban J connectivity index is 0.940. The van der Waals surface area contributed by atoms with Crippen molar-refractivity contribution in [2.45, 2.75) is 255 Å². The number of benzene rings is 8. The number of hydrogen-bond acceptors (Lipinski definition) is 1. The number of rotatable bonds is 15. The van der Waals surface area contributed by atoms with E-state index in [4.69, 9.17) is 0 Å². The van der Waals surface area contributed by atoms with Crippen molar-refractivity contribution in [3.8, 4) is 33.4 Å². The molecule has 0 spiro atoms. The van der Waals surface area contributed by atoms with E-state index in [1.807, 2.05) is 0 Å². The lowest BCUT2D eigenvalue weighted by atomic mass is 9.67. The van der Waals surface area contributed by atoms with Gasteiger partial charge in [0.25, 0.3) is 0 Å². The van der Waals surface area contributed by atoms with Crippen molar-refractivity contribution in [1.29, 1.82) is 0 Å². The highest BCUT2D eigenvalue weighted by Gasteiger charge is 2.47. The zero-order chi connectivity index (χ0) is 62.2. The fraction of sp³-hybridized carbons (Fsp3) is 0.473. The minimum absolute atomic E-state index is 0.525. The molecule has 1 nitrogen and oxygen atoms in total. The average molecular weight is 1220 g/mol. The van der Waals surface area contributed by atoms with Gasteiger partial charge in [-0.25, -0.2) is 0 Å². The van der Waals surface area contributed by atoms with Crippen molar-refractivity contribution in [2.75, 3.05) is 4.90 Å². The predicted molar refractivity (Wildman–Crippen MR) is 394 cm³/mol. The Kier molecular flexibility index (Phi) is 20.2. The quantitative estimate of drug-likeness (QED) is 0.0989. The van der Waals surface area contributed by atoms with Crippen LogP contribution in [0.25, 0.3) is 33.4 Å². The average Bonchev–Trinajstić information content (AvgIpc) is 1.52. The highest BCUT2D eigenvalue weighted by Crippen LogP contribution is 2.59. The summed E-state index contributed by atoms with van der Waals surface area (Å²) in [6.07, 6.45) is 41.9. The monoisotopic (exact) mass is 1220 g/mol. The maximum atomic E-state index is 2.86. The molecule has 5 fully saturated rings. The molecule has 0 atom stereocenters. The van der Waals surface area contributed by atoms with Crippen LogP contribution in [-0.2, 0) is 5.41 Å². The first-order valence-electron chi connectivity index (χ1n) is 38.2. The molecule has 0 saturated heterocycles. The minimum Gasteiger partial charge on any atom is -0.310 e. The van der Waals surface area contributed by atoms with E-state index in [-0.39, 0.29) is 0 Å².